The second-order valence-electron chi connectivity index (χ2n) is 7.47. The first-order valence-corrected chi connectivity index (χ1v) is 10.2. The molecular weight excluding hydrogens is 366 g/mol. The summed E-state index contributed by atoms with van der Waals surface area (Å²) >= 11 is 0. The minimum Gasteiger partial charge on any atom is -0.492 e. The lowest BCUT2D eigenvalue weighted by molar-refractivity contribution is -0.119. The number of anilines is 1. The molecule has 6 nitrogen and oxygen atoms in total. The fourth-order valence-corrected chi connectivity index (χ4v) is 3.52. The predicted molar refractivity (Wildman–Crippen MR) is 115 cm³/mol. The Morgan fingerprint density at radius 3 is 2.66 bits per heavy atom. The number of rotatable bonds is 8. The molecule has 3 rings (SSSR count). The molecule has 2 amide bonds. The summed E-state index contributed by atoms with van der Waals surface area (Å²) in [6.45, 7) is 5.85. The highest BCUT2D eigenvalue weighted by atomic mass is 16.5. The summed E-state index contributed by atoms with van der Waals surface area (Å²) in [6, 6.07) is 15.4. The molecule has 0 atom stereocenters. The van der Waals surface area contributed by atoms with E-state index in [4.69, 9.17) is 4.74 Å². The standard InChI is InChI=1S/C23H29N3O3/c1-17(2)25-23(28)20-10-6-12-21-19(20)11-7-14-26(21)16-22(27)24-13-15-29-18-8-4-3-5-9-18/h3-6,8-10,12,17H,7,11,13-16H2,1-2H3,(H,24,27)(H,25,28). The first-order valence-electron chi connectivity index (χ1n) is 10.2. The first kappa shape index (κ1) is 20.7. The van der Waals surface area contributed by atoms with E-state index in [-0.39, 0.29) is 24.4 Å². The van der Waals surface area contributed by atoms with Crippen molar-refractivity contribution in [3.05, 3.63) is 59.7 Å². The van der Waals surface area contributed by atoms with Crippen LogP contribution in [0.5, 0.6) is 5.75 Å². The largest absolute Gasteiger partial charge is 0.492 e. The van der Waals surface area contributed by atoms with Crippen LogP contribution in [0.1, 0.15) is 36.2 Å². The molecule has 0 aromatic heterocycles. The third-order valence-electron chi connectivity index (χ3n) is 4.78. The number of hydrogen-bond acceptors (Lipinski definition) is 4. The van der Waals surface area contributed by atoms with Gasteiger partial charge in [-0.25, -0.2) is 0 Å². The normalized spacial score (nSPS) is 13.0. The van der Waals surface area contributed by atoms with Crippen molar-refractivity contribution in [1.82, 2.24) is 10.6 Å². The van der Waals surface area contributed by atoms with Crippen LogP contribution in [0.3, 0.4) is 0 Å². The lowest BCUT2D eigenvalue weighted by Crippen LogP contribution is -2.41. The molecule has 1 aliphatic heterocycles. The van der Waals surface area contributed by atoms with Crippen molar-refractivity contribution < 1.29 is 14.3 Å². The highest BCUT2D eigenvalue weighted by Gasteiger charge is 2.23. The van der Waals surface area contributed by atoms with E-state index in [9.17, 15) is 9.59 Å². The van der Waals surface area contributed by atoms with Gasteiger partial charge in [-0.3, -0.25) is 9.59 Å². The number of ether oxygens (including phenoxy) is 1. The highest BCUT2D eigenvalue weighted by Crippen LogP contribution is 2.29. The maximum absolute atomic E-state index is 12.5. The molecule has 0 saturated carbocycles. The number of nitrogens with zero attached hydrogens (tertiary/aromatic N) is 1. The van der Waals surface area contributed by atoms with E-state index in [0.29, 0.717) is 18.7 Å². The van der Waals surface area contributed by atoms with Gasteiger partial charge in [0.2, 0.25) is 5.91 Å². The van der Waals surface area contributed by atoms with Crippen LogP contribution in [0.4, 0.5) is 5.69 Å². The molecule has 0 saturated heterocycles. The Bertz CT molecular complexity index is 837. The van der Waals surface area contributed by atoms with Crippen LogP contribution in [-0.2, 0) is 11.2 Å². The smallest absolute Gasteiger partial charge is 0.251 e. The predicted octanol–water partition coefficient (Wildman–Crippen LogP) is 2.77. The van der Waals surface area contributed by atoms with Crippen molar-refractivity contribution in [2.24, 2.45) is 0 Å². The molecule has 0 radical (unpaired) electrons. The minimum atomic E-state index is -0.0544. The van der Waals surface area contributed by atoms with Crippen LogP contribution < -0.4 is 20.3 Å². The van der Waals surface area contributed by atoms with Crippen molar-refractivity contribution in [2.75, 3.05) is 31.1 Å². The highest BCUT2D eigenvalue weighted by molar-refractivity contribution is 5.97. The average molecular weight is 396 g/mol. The molecule has 0 bridgehead atoms. The summed E-state index contributed by atoms with van der Waals surface area (Å²) in [5.74, 6) is 0.687. The van der Waals surface area contributed by atoms with Gasteiger partial charge >= 0.3 is 0 Å². The topological polar surface area (TPSA) is 70.7 Å². The Kier molecular flexibility index (Phi) is 7.11. The fourth-order valence-electron chi connectivity index (χ4n) is 3.52. The SMILES string of the molecule is CC(C)NC(=O)c1cccc2c1CCCN2CC(=O)NCCOc1ccccc1. The molecule has 154 valence electrons. The molecule has 2 aromatic rings. The number of benzene rings is 2. The number of nitrogens with one attached hydrogen (secondary N) is 2. The number of carbonyl (C=O) groups is 2. The molecule has 0 spiro atoms. The zero-order chi connectivity index (χ0) is 20.6. The van der Waals surface area contributed by atoms with Crippen LogP contribution in [0.2, 0.25) is 0 Å². The van der Waals surface area contributed by atoms with Crippen molar-refractivity contribution in [3.8, 4) is 5.75 Å². The van der Waals surface area contributed by atoms with Crippen LogP contribution in [0.15, 0.2) is 48.5 Å². The summed E-state index contributed by atoms with van der Waals surface area (Å²) in [6.07, 6.45) is 1.77. The molecule has 1 aliphatic rings. The van der Waals surface area contributed by atoms with Gasteiger partial charge in [0.05, 0.1) is 13.1 Å². The van der Waals surface area contributed by atoms with E-state index in [1.165, 1.54) is 0 Å². The van der Waals surface area contributed by atoms with E-state index < -0.39 is 0 Å². The Morgan fingerprint density at radius 1 is 1.10 bits per heavy atom. The van der Waals surface area contributed by atoms with E-state index >= 15 is 0 Å². The molecule has 2 N–H and O–H groups in total. The lowest BCUT2D eigenvalue weighted by Gasteiger charge is -2.32. The summed E-state index contributed by atoms with van der Waals surface area (Å²) in [7, 11) is 0. The van der Waals surface area contributed by atoms with Gasteiger partial charge in [0.25, 0.3) is 5.91 Å². The third-order valence-corrected chi connectivity index (χ3v) is 4.78. The number of fused-ring (bicyclic) bond motifs is 1. The summed E-state index contributed by atoms with van der Waals surface area (Å²) < 4.78 is 5.60. The number of amides is 2. The van der Waals surface area contributed by atoms with Crippen LogP contribution in [-0.4, -0.2) is 44.1 Å². The van der Waals surface area contributed by atoms with Gasteiger partial charge < -0.3 is 20.3 Å². The number of hydrogen-bond donors (Lipinski definition) is 2. The number of carbonyl (C=O) groups excluding carboxylic acids is 2. The molecule has 0 unspecified atom stereocenters. The second kappa shape index (κ2) is 9.96. The summed E-state index contributed by atoms with van der Waals surface area (Å²) in [5.41, 5.74) is 2.71. The molecule has 2 aromatic carbocycles. The maximum Gasteiger partial charge on any atom is 0.251 e. The van der Waals surface area contributed by atoms with Gasteiger partial charge in [-0.05, 0) is 56.5 Å². The van der Waals surface area contributed by atoms with Gasteiger partial charge in [0, 0.05) is 23.8 Å². The van der Waals surface area contributed by atoms with Gasteiger partial charge in [-0.2, -0.15) is 0 Å². The fraction of sp³-hybridized carbons (Fsp3) is 0.391. The van der Waals surface area contributed by atoms with Crippen molar-refractivity contribution in [3.63, 3.8) is 0 Å². The quantitative estimate of drug-likeness (QED) is 0.675. The van der Waals surface area contributed by atoms with E-state index in [1.54, 1.807) is 0 Å². The Morgan fingerprint density at radius 2 is 1.90 bits per heavy atom. The molecule has 6 heteroatoms. The average Bonchev–Trinajstić information content (AvgIpc) is 2.71. The van der Waals surface area contributed by atoms with Crippen molar-refractivity contribution >= 4 is 17.5 Å². The van der Waals surface area contributed by atoms with E-state index in [0.717, 1.165) is 36.4 Å². The minimum absolute atomic E-state index is 0.0495. The second-order valence-corrected chi connectivity index (χ2v) is 7.47. The lowest BCUT2D eigenvalue weighted by atomic mass is 9.95. The summed E-state index contributed by atoms with van der Waals surface area (Å²) in [5, 5.41) is 5.87. The summed E-state index contributed by atoms with van der Waals surface area (Å²) in [4.78, 5) is 27.0. The molecule has 1 heterocycles. The molecule has 0 fully saturated rings. The first-order chi connectivity index (χ1) is 14.0. The van der Waals surface area contributed by atoms with Crippen LogP contribution >= 0.6 is 0 Å². The Labute approximate surface area is 172 Å². The molecule has 0 aliphatic carbocycles. The zero-order valence-corrected chi connectivity index (χ0v) is 17.1. The molecular formula is C23H29N3O3. The van der Waals surface area contributed by atoms with Crippen molar-refractivity contribution in [2.45, 2.75) is 32.7 Å². The van der Waals surface area contributed by atoms with Gasteiger partial charge in [0.1, 0.15) is 12.4 Å². The third kappa shape index (κ3) is 5.73. The zero-order valence-electron chi connectivity index (χ0n) is 17.1. The Balaban J connectivity index is 1.56. The van der Waals surface area contributed by atoms with Crippen LogP contribution in [0.25, 0.3) is 0 Å². The van der Waals surface area contributed by atoms with E-state index in [1.807, 2.05) is 62.4 Å². The van der Waals surface area contributed by atoms with Crippen LogP contribution in [0, 0.1) is 0 Å². The van der Waals surface area contributed by atoms with E-state index in [2.05, 4.69) is 15.5 Å². The Hall–Kier alpha value is -3.02. The van der Waals surface area contributed by atoms with Gasteiger partial charge in [-0.1, -0.05) is 24.3 Å². The number of para-hydroxylation sites is 1. The van der Waals surface area contributed by atoms with Gasteiger partial charge in [0.15, 0.2) is 0 Å². The molecule has 29 heavy (non-hydrogen) atoms. The maximum atomic E-state index is 12.5. The monoisotopic (exact) mass is 395 g/mol. The van der Waals surface area contributed by atoms with Crippen molar-refractivity contribution in [1.29, 1.82) is 0 Å². The van der Waals surface area contributed by atoms with Gasteiger partial charge in [-0.15, -0.1) is 0 Å².